The number of aryl methyl sites for hydroxylation is 1. The highest BCUT2D eigenvalue weighted by atomic mass is 16.5. The van der Waals surface area contributed by atoms with Gasteiger partial charge in [-0.1, -0.05) is 12.1 Å². The Morgan fingerprint density at radius 1 is 1.24 bits per heavy atom. The molecule has 0 bridgehead atoms. The molecule has 0 atom stereocenters. The zero-order valence-electron chi connectivity index (χ0n) is 15.6. The number of carbonyl (C=O) groups excluding carboxylic acids is 1. The molecule has 0 saturated carbocycles. The van der Waals surface area contributed by atoms with Gasteiger partial charge in [0.25, 0.3) is 0 Å². The first-order chi connectivity index (χ1) is 12.2. The van der Waals surface area contributed by atoms with Crippen molar-refractivity contribution in [2.24, 2.45) is 5.92 Å². The van der Waals surface area contributed by atoms with Crippen molar-refractivity contribution >= 4 is 5.91 Å². The molecule has 0 aromatic heterocycles. The van der Waals surface area contributed by atoms with E-state index < -0.39 is 0 Å². The summed E-state index contributed by atoms with van der Waals surface area (Å²) < 4.78 is 10.5. The Labute approximate surface area is 151 Å². The highest BCUT2D eigenvalue weighted by Crippen LogP contribution is 2.23. The number of hydrogen-bond acceptors (Lipinski definition) is 4. The van der Waals surface area contributed by atoms with Crippen molar-refractivity contribution in [2.45, 2.75) is 32.6 Å². The topological polar surface area (TPSA) is 50.8 Å². The number of nitrogens with zero attached hydrogens (tertiary/aromatic N) is 1. The van der Waals surface area contributed by atoms with Crippen molar-refractivity contribution in [3.8, 4) is 5.75 Å². The molecule has 1 N–H and O–H groups in total. The molecule has 25 heavy (non-hydrogen) atoms. The summed E-state index contributed by atoms with van der Waals surface area (Å²) in [4.78, 5) is 14.1. The number of piperidine rings is 1. The van der Waals surface area contributed by atoms with E-state index in [4.69, 9.17) is 9.47 Å². The fraction of sp³-hybridized carbons (Fsp3) is 0.650. The van der Waals surface area contributed by atoms with Gasteiger partial charge in [0.1, 0.15) is 5.75 Å². The molecule has 140 valence electrons. The first-order valence-electron chi connectivity index (χ1n) is 9.42. The summed E-state index contributed by atoms with van der Waals surface area (Å²) in [6.45, 7) is 6.26. The van der Waals surface area contributed by atoms with E-state index in [1.807, 2.05) is 11.8 Å². The van der Waals surface area contributed by atoms with Gasteiger partial charge >= 0.3 is 0 Å². The Hall–Kier alpha value is -1.59. The highest BCUT2D eigenvalue weighted by Gasteiger charge is 2.22. The lowest BCUT2D eigenvalue weighted by molar-refractivity contribution is -0.131. The van der Waals surface area contributed by atoms with Gasteiger partial charge in [0.15, 0.2) is 0 Å². The monoisotopic (exact) mass is 348 g/mol. The van der Waals surface area contributed by atoms with E-state index in [1.165, 1.54) is 12.0 Å². The Bertz CT molecular complexity index is 496. The van der Waals surface area contributed by atoms with E-state index in [-0.39, 0.29) is 5.91 Å². The molecule has 1 heterocycles. The molecule has 1 amide bonds. The first kappa shape index (κ1) is 19.7. The van der Waals surface area contributed by atoms with Crippen LogP contribution in [-0.4, -0.2) is 57.3 Å². The van der Waals surface area contributed by atoms with E-state index in [0.717, 1.165) is 50.6 Å². The van der Waals surface area contributed by atoms with Gasteiger partial charge in [-0.15, -0.1) is 0 Å². The Kier molecular flexibility index (Phi) is 8.77. The molecule has 1 aromatic rings. The van der Waals surface area contributed by atoms with E-state index in [0.29, 0.717) is 19.8 Å². The molecule has 0 spiro atoms. The van der Waals surface area contributed by atoms with Crippen molar-refractivity contribution in [1.29, 1.82) is 0 Å². The molecule has 1 aromatic carbocycles. The summed E-state index contributed by atoms with van der Waals surface area (Å²) in [6.07, 6.45) is 4.52. The van der Waals surface area contributed by atoms with Gasteiger partial charge < -0.3 is 19.7 Å². The largest absolute Gasteiger partial charge is 0.494 e. The normalized spacial score (nSPS) is 15.4. The van der Waals surface area contributed by atoms with Crippen LogP contribution in [0.15, 0.2) is 24.3 Å². The van der Waals surface area contributed by atoms with E-state index in [1.54, 1.807) is 7.11 Å². The van der Waals surface area contributed by atoms with Crippen LogP contribution in [0.1, 0.15) is 31.7 Å². The van der Waals surface area contributed by atoms with Gasteiger partial charge in [0.2, 0.25) is 5.91 Å². The van der Waals surface area contributed by atoms with Crippen LogP contribution in [0, 0.1) is 5.92 Å². The number of carbonyl (C=O) groups is 1. The predicted octanol–water partition coefficient (Wildman–Crippen LogP) is 2.49. The summed E-state index contributed by atoms with van der Waals surface area (Å²) in [6, 6.07) is 8.43. The molecule has 0 aliphatic carbocycles. The van der Waals surface area contributed by atoms with E-state index >= 15 is 0 Å². The van der Waals surface area contributed by atoms with Crippen LogP contribution in [0.2, 0.25) is 0 Å². The van der Waals surface area contributed by atoms with E-state index in [9.17, 15) is 4.79 Å². The van der Waals surface area contributed by atoms with Crippen molar-refractivity contribution in [1.82, 2.24) is 10.2 Å². The zero-order chi connectivity index (χ0) is 17.9. The number of benzene rings is 1. The summed E-state index contributed by atoms with van der Waals surface area (Å²) in [5.74, 6) is 1.87. The summed E-state index contributed by atoms with van der Waals surface area (Å²) in [7, 11) is 1.67. The maximum atomic E-state index is 12.1. The third-order valence-electron chi connectivity index (χ3n) is 4.80. The van der Waals surface area contributed by atoms with Gasteiger partial charge in [-0.05, 0) is 56.2 Å². The fourth-order valence-electron chi connectivity index (χ4n) is 3.24. The number of hydrogen-bond donors (Lipinski definition) is 1. The summed E-state index contributed by atoms with van der Waals surface area (Å²) in [5, 5.41) is 3.13. The molecule has 1 aliphatic rings. The molecule has 0 unspecified atom stereocenters. The number of methoxy groups -OCH3 is 1. The van der Waals surface area contributed by atoms with Crippen LogP contribution in [0.4, 0.5) is 0 Å². The Balaban J connectivity index is 1.64. The highest BCUT2D eigenvalue weighted by molar-refractivity contribution is 5.78. The lowest BCUT2D eigenvalue weighted by atomic mass is 9.90. The van der Waals surface area contributed by atoms with Crippen LogP contribution in [-0.2, 0) is 16.0 Å². The second-order valence-corrected chi connectivity index (χ2v) is 6.61. The first-order valence-corrected chi connectivity index (χ1v) is 9.42. The number of ether oxygens (including phenoxy) is 2. The molecule has 5 heteroatoms. The molecule has 1 saturated heterocycles. The van der Waals surface area contributed by atoms with Crippen LogP contribution in [0.25, 0.3) is 0 Å². The number of amides is 1. The average Bonchev–Trinajstić information content (AvgIpc) is 2.65. The number of rotatable bonds is 10. The fourth-order valence-corrected chi connectivity index (χ4v) is 3.24. The van der Waals surface area contributed by atoms with Crippen LogP contribution in [0.3, 0.4) is 0 Å². The maximum absolute atomic E-state index is 12.1. The SMILES string of the molecule is CCOc1ccc(CCC2CCN(C(=O)CNCCOC)CC2)cc1. The minimum absolute atomic E-state index is 0.209. The number of likely N-dealkylation sites (tertiary alicyclic amines) is 1. The minimum atomic E-state index is 0.209. The smallest absolute Gasteiger partial charge is 0.236 e. The van der Waals surface area contributed by atoms with Crippen molar-refractivity contribution in [3.05, 3.63) is 29.8 Å². The quantitative estimate of drug-likeness (QED) is 0.660. The third kappa shape index (κ3) is 7.04. The molecule has 1 aliphatic heterocycles. The molecule has 0 radical (unpaired) electrons. The van der Waals surface area contributed by atoms with Gasteiger partial charge in [-0.3, -0.25) is 4.79 Å². The standard InChI is InChI=1S/C20H32N2O3/c1-3-25-19-8-6-17(7-9-19)4-5-18-10-13-22(14-11-18)20(23)16-21-12-15-24-2/h6-9,18,21H,3-5,10-16H2,1-2H3. The Morgan fingerprint density at radius 2 is 1.96 bits per heavy atom. The lowest BCUT2D eigenvalue weighted by Gasteiger charge is -2.32. The Morgan fingerprint density at radius 3 is 2.60 bits per heavy atom. The van der Waals surface area contributed by atoms with Gasteiger partial charge in [-0.2, -0.15) is 0 Å². The van der Waals surface area contributed by atoms with Gasteiger partial charge in [0, 0.05) is 26.7 Å². The second-order valence-electron chi connectivity index (χ2n) is 6.61. The average molecular weight is 348 g/mol. The molecule has 1 fully saturated rings. The van der Waals surface area contributed by atoms with Crippen molar-refractivity contribution in [2.75, 3.05) is 46.5 Å². The van der Waals surface area contributed by atoms with Crippen molar-refractivity contribution in [3.63, 3.8) is 0 Å². The van der Waals surface area contributed by atoms with Gasteiger partial charge in [0.05, 0.1) is 19.8 Å². The summed E-state index contributed by atoms with van der Waals surface area (Å²) >= 11 is 0. The molecule has 5 nitrogen and oxygen atoms in total. The predicted molar refractivity (Wildman–Crippen MR) is 100.0 cm³/mol. The molecular formula is C20H32N2O3. The lowest BCUT2D eigenvalue weighted by Crippen LogP contribution is -2.43. The summed E-state index contributed by atoms with van der Waals surface area (Å²) in [5.41, 5.74) is 1.37. The van der Waals surface area contributed by atoms with E-state index in [2.05, 4.69) is 29.6 Å². The minimum Gasteiger partial charge on any atom is -0.494 e. The molecular weight excluding hydrogens is 316 g/mol. The van der Waals surface area contributed by atoms with Gasteiger partial charge in [-0.25, -0.2) is 0 Å². The van der Waals surface area contributed by atoms with Crippen molar-refractivity contribution < 1.29 is 14.3 Å². The third-order valence-corrected chi connectivity index (χ3v) is 4.80. The zero-order valence-corrected chi connectivity index (χ0v) is 15.6. The second kappa shape index (κ2) is 11.1. The van der Waals surface area contributed by atoms with Crippen LogP contribution < -0.4 is 10.1 Å². The van der Waals surface area contributed by atoms with Crippen LogP contribution in [0.5, 0.6) is 5.75 Å². The van der Waals surface area contributed by atoms with Crippen LogP contribution >= 0.6 is 0 Å². The maximum Gasteiger partial charge on any atom is 0.236 e. The molecule has 2 rings (SSSR count). The number of nitrogens with one attached hydrogen (secondary N) is 1.